The fourth-order valence-electron chi connectivity index (χ4n) is 1.88. The molecule has 9 heteroatoms. The number of nitrogens with one attached hydrogen (secondary N) is 2. The predicted octanol–water partition coefficient (Wildman–Crippen LogP) is 3.32. The van der Waals surface area contributed by atoms with E-state index in [0.717, 1.165) is 0 Å². The third-order valence-corrected chi connectivity index (χ3v) is 2.95. The number of aromatic nitrogens is 2. The fraction of sp³-hybridized carbons (Fsp3) is 0.231. The molecule has 0 bridgehead atoms. The van der Waals surface area contributed by atoms with Gasteiger partial charge in [0.1, 0.15) is 28.4 Å². The molecule has 22 heavy (non-hydrogen) atoms. The van der Waals surface area contributed by atoms with E-state index in [-0.39, 0.29) is 28.5 Å². The lowest BCUT2D eigenvalue weighted by Gasteiger charge is -2.16. The van der Waals surface area contributed by atoms with Crippen molar-refractivity contribution in [3.05, 3.63) is 34.7 Å². The van der Waals surface area contributed by atoms with E-state index in [2.05, 4.69) is 20.7 Å². The summed E-state index contributed by atoms with van der Waals surface area (Å²) in [6.45, 7) is 3.60. The number of benzene rings is 1. The van der Waals surface area contributed by atoms with E-state index in [9.17, 15) is 13.2 Å². The number of halogens is 4. The second kappa shape index (κ2) is 6.37. The first-order valence-electron chi connectivity index (χ1n) is 6.29. The van der Waals surface area contributed by atoms with Crippen molar-refractivity contribution in [3.8, 4) is 11.1 Å². The Bertz CT molecular complexity index is 685. The van der Waals surface area contributed by atoms with Crippen LogP contribution >= 0.6 is 11.6 Å². The molecule has 118 valence electrons. The van der Waals surface area contributed by atoms with Gasteiger partial charge in [-0.15, -0.1) is 0 Å². The smallest absolute Gasteiger partial charge is 0.240 e. The average Bonchev–Trinajstić information content (AvgIpc) is 2.39. The predicted molar refractivity (Wildman–Crippen MR) is 78.9 cm³/mol. The number of nitrogens with zero attached hydrogens (tertiary/aromatic N) is 2. The Morgan fingerprint density at radius 3 is 2.18 bits per heavy atom. The number of anilines is 2. The molecular weight excluding hydrogens is 319 g/mol. The molecule has 0 saturated carbocycles. The molecule has 0 fully saturated rings. The summed E-state index contributed by atoms with van der Waals surface area (Å²) in [5.74, 6) is 2.03. The highest BCUT2D eigenvalue weighted by molar-refractivity contribution is 6.32. The zero-order chi connectivity index (χ0) is 16.4. The molecule has 4 N–H and O–H groups in total. The topological polar surface area (TPSA) is 75.9 Å². The van der Waals surface area contributed by atoms with Gasteiger partial charge in [-0.25, -0.2) is 19.0 Å². The summed E-state index contributed by atoms with van der Waals surface area (Å²) in [7, 11) is 0. The Balaban J connectivity index is 2.74. The first-order valence-corrected chi connectivity index (χ1v) is 6.67. The highest BCUT2D eigenvalue weighted by atomic mass is 35.5. The van der Waals surface area contributed by atoms with Crippen LogP contribution in [-0.4, -0.2) is 16.0 Å². The number of nitrogens with two attached hydrogens (primary N) is 1. The van der Waals surface area contributed by atoms with Gasteiger partial charge in [0, 0.05) is 18.2 Å². The highest BCUT2D eigenvalue weighted by Crippen LogP contribution is 2.37. The van der Waals surface area contributed by atoms with Crippen LogP contribution in [0.15, 0.2) is 12.1 Å². The van der Waals surface area contributed by atoms with Gasteiger partial charge in [-0.2, -0.15) is 9.97 Å². The first-order chi connectivity index (χ1) is 10.3. The number of hydrogen-bond donors (Lipinski definition) is 3. The molecule has 1 heterocycles. The van der Waals surface area contributed by atoms with Crippen LogP contribution in [0.3, 0.4) is 0 Å². The quantitative estimate of drug-likeness (QED) is 0.455. The van der Waals surface area contributed by atoms with Gasteiger partial charge < -0.3 is 5.32 Å². The van der Waals surface area contributed by atoms with Gasteiger partial charge in [-0.3, -0.25) is 5.43 Å². The molecule has 0 radical (unpaired) electrons. The maximum Gasteiger partial charge on any atom is 0.240 e. The fourth-order valence-corrected chi connectivity index (χ4v) is 2.14. The average molecular weight is 332 g/mol. The molecule has 0 atom stereocenters. The van der Waals surface area contributed by atoms with Crippen molar-refractivity contribution in [3.63, 3.8) is 0 Å². The van der Waals surface area contributed by atoms with Crippen LogP contribution in [0, 0.1) is 17.5 Å². The Hall–Kier alpha value is -2.06. The summed E-state index contributed by atoms with van der Waals surface area (Å²) in [6, 6.07) is 1.01. The summed E-state index contributed by atoms with van der Waals surface area (Å²) < 4.78 is 41.1. The highest BCUT2D eigenvalue weighted by Gasteiger charge is 2.23. The Kier molecular flexibility index (Phi) is 4.72. The zero-order valence-corrected chi connectivity index (χ0v) is 12.5. The van der Waals surface area contributed by atoms with E-state index in [4.69, 9.17) is 17.4 Å². The van der Waals surface area contributed by atoms with Gasteiger partial charge in [0.2, 0.25) is 5.95 Å². The molecule has 0 aliphatic heterocycles. The lowest BCUT2D eigenvalue weighted by atomic mass is 10.1. The SMILES string of the molecule is CC(C)Nc1nc(NN)nc(Cl)c1-c1c(F)cc(F)cc1F. The molecule has 0 unspecified atom stereocenters. The van der Waals surface area contributed by atoms with Gasteiger partial charge in [0.05, 0.1) is 11.1 Å². The minimum absolute atomic E-state index is 0.0279. The molecule has 1 aromatic carbocycles. The zero-order valence-electron chi connectivity index (χ0n) is 11.7. The Morgan fingerprint density at radius 2 is 1.68 bits per heavy atom. The minimum Gasteiger partial charge on any atom is -0.367 e. The van der Waals surface area contributed by atoms with E-state index in [1.54, 1.807) is 13.8 Å². The van der Waals surface area contributed by atoms with Crippen molar-refractivity contribution in [1.82, 2.24) is 9.97 Å². The Labute approximate surface area is 129 Å². The van der Waals surface area contributed by atoms with Crippen LogP contribution in [0.25, 0.3) is 11.1 Å². The molecule has 0 aliphatic rings. The summed E-state index contributed by atoms with van der Waals surface area (Å²) >= 11 is 6.00. The van der Waals surface area contributed by atoms with Gasteiger partial charge in [0.15, 0.2) is 0 Å². The van der Waals surface area contributed by atoms with Gasteiger partial charge >= 0.3 is 0 Å². The number of nitrogen functional groups attached to an aromatic ring is 1. The van der Waals surface area contributed by atoms with Crippen molar-refractivity contribution in [2.45, 2.75) is 19.9 Å². The van der Waals surface area contributed by atoms with Crippen LogP contribution < -0.4 is 16.6 Å². The van der Waals surface area contributed by atoms with Crippen molar-refractivity contribution in [2.24, 2.45) is 5.84 Å². The van der Waals surface area contributed by atoms with Crippen molar-refractivity contribution < 1.29 is 13.2 Å². The summed E-state index contributed by atoms with van der Waals surface area (Å²) in [4.78, 5) is 7.80. The standard InChI is InChI=1S/C13H13ClF3N5/c1-5(2)19-12-10(11(14)20-13(21-12)22-18)9-7(16)3-6(15)4-8(9)17/h3-5H,18H2,1-2H3,(H2,19,20,21,22). The molecule has 1 aromatic heterocycles. The van der Waals surface area contributed by atoms with Crippen molar-refractivity contribution in [2.75, 3.05) is 10.7 Å². The monoisotopic (exact) mass is 331 g/mol. The van der Waals surface area contributed by atoms with Crippen molar-refractivity contribution in [1.29, 1.82) is 0 Å². The second-order valence-corrected chi connectivity index (χ2v) is 5.11. The molecule has 0 aliphatic carbocycles. The lowest BCUT2D eigenvalue weighted by molar-refractivity contribution is 0.548. The summed E-state index contributed by atoms with van der Waals surface area (Å²) in [6.07, 6.45) is 0. The molecule has 0 spiro atoms. The van der Waals surface area contributed by atoms with Crippen LogP contribution in [0.1, 0.15) is 13.8 Å². The third kappa shape index (κ3) is 3.23. The van der Waals surface area contributed by atoms with E-state index >= 15 is 0 Å². The normalized spacial score (nSPS) is 10.9. The lowest BCUT2D eigenvalue weighted by Crippen LogP contribution is -2.17. The van der Waals surface area contributed by atoms with Gasteiger partial charge in [0.25, 0.3) is 0 Å². The number of hydrazine groups is 1. The maximum atomic E-state index is 14.0. The molecule has 0 saturated heterocycles. The van der Waals surface area contributed by atoms with E-state index in [1.165, 1.54) is 0 Å². The molecule has 0 amide bonds. The van der Waals surface area contributed by atoms with E-state index < -0.39 is 23.0 Å². The first kappa shape index (κ1) is 16.3. The maximum absolute atomic E-state index is 14.0. The summed E-state index contributed by atoms with van der Waals surface area (Å²) in [5.41, 5.74) is 1.58. The molecule has 2 rings (SSSR count). The largest absolute Gasteiger partial charge is 0.367 e. The van der Waals surface area contributed by atoms with Crippen LogP contribution in [0.2, 0.25) is 5.15 Å². The van der Waals surface area contributed by atoms with Crippen LogP contribution in [0.4, 0.5) is 24.9 Å². The third-order valence-electron chi connectivity index (χ3n) is 2.68. The van der Waals surface area contributed by atoms with Gasteiger partial charge in [-0.1, -0.05) is 11.6 Å². The molecular formula is C13H13ClF3N5. The molecule has 5 nitrogen and oxygen atoms in total. The van der Waals surface area contributed by atoms with Gasteiger partial charge in [-0.05, 0) is 13.8 Å². The van der Waals surface area contributed by atoms with Crippen LogP contribution in [0.5, 0.6) is 0 Å². The van der Waals surface area contributed by atoms with Crippen LogP contribution in [-0.2, 0) is 0 Å². The Morgan fingerprint density at radius 1 is 1.09 bits per heavy atom. The number of hydrogen-bond acceptors (Lipinski definition) is 5. The van der Waals surface area contributed by atoms with E-state index in [1.807, 2.05) is 0 Å². The minimum atomic E-state index is -1.11. The van der Waals surface area contributed by atoms with E-state index in [0.29, 0.717) is 12.1 Å². The number of rotatable bonds is 4. The molecule has 2 aromatic rings. The second-order valence-electron chi connectivity index (χ2n) is 4.75. The van der Waals surface area contributed by atoms with Crippen molar-refractivity contribution >= 4 is 23.4 Å². The summed E-state index contributed by atoms with van der Waals surface area (Å²) in [5, 5.41) is 2.67.